The van der Waals surface area contributed by atoms with Crippen LogP contribution in [0.3, 0.4) is 0 Å². The molecule has 0 radical (unpaired) electrons. The van der Waals surface area contributed by atoms with Gasteiger partial charge in [-0.25, -0.2) is 14.8 Å². The molecule has 202 valence electrons. The van der Waals surface area contributed by atoms with Crippen molar-refractivity contribution in [1.29, 1.82) is 0 Å². The number of rotatable bonds is 8. The highest BCUT2D eigenvalue weighted by molar-refractivity contribution is 5.69. The smallest absolute Gasteiger partial charge is 0.407 e. The maximum Gasteiger partial charge on any atom is 0.407 e. The fourth-order valence-corrected chi connectivity index (χ4v) is 6.79. The van der Waals surface area contributed by atoms with Crippen LogP contribution in [0.1, 0.15) is 61.9 Å². The molecule has 4 aromatic heterocycles. The van der Waals surface area contributed by atoms with Gasteiger partial charge in [0.1, 0.15) is 11.8 Å². The Morgan fingerprint density at radius 1 is 1.21 bits per heavy atom. The minimum absolute atomic E-state index is 0.0508. The number of hydrogen-bond donors (Lipinski definition) is 3. The molecular formula is C27H32N10O2. The molecule has 3 N–H and O–H groups in total. The lowest BCUT2D eigenvalue weighted by Gasteiger charge is -2.61. The van der Waals surface area contributed by atoms with Crippen molar-refractivity contribution in [2.24, 2.45) is 5.92 Å². The van der Waals surface area contributed by atoms with Crippen LogP contribution in [0, 0.1) is 5.92 Å². The van der Waals surface area contributed by atoms with Gasteiger partial charge in [-0.05, 0) is 56.6 Å². The lowest BCUT2D eigenvalue weighted by Crippen LogP contribution is -2.68. The molecule has 9 rings (SSSR count). The minimum Gasteiger partial charge on any atom is -0.446 e. The van der Waals surface area contributed by atoms with Crippen molar-refractivity contribution >= 4 is 23.5 Å². The Hall–Kier alpha value is -3.93. The molecule has 5 heterocycles. The third-order valence-electron chi connectivity index (χ3n) is 9.00. The number of hydrogen-bond acceptors (Lipinski definition) is 8. The zero-order valence-corrected chi connectivity index (χ0v) is 21.7. The number of alkyl carbamates (subject to hydrolysis) is 1. The van der Waals surface area contributed by atoms with Crippen LogP contribution in [0.5, 0.6) is 0 Å². The van der Waals surface area contributed by atoms with Crippen molar-refractivity contribution in [3.63, 3.8) is 0 Å². The van der Waals surface area contributed by atoms with E-state index in [4.69, 9.17) is 9.72 Å². The van der Waals surface area contributed by atoms with Crippen LogP contribution in [-0.4, -0.2) is 70.1 Å². The molecular weight excluding hydrogens is 496 g/mol. The van der Waals surface area contributed by atoms with Gasteiger partial charge in [-0.15, -0.1) is 0 Å². The highest BCUT2D eigenvalue weighted by Gasteiger charge is 2.57. The van der Waals surface area contributed by atoms with E-state index in [1.165, 1.54) is 0 Å². The molecule has 12 heteroatoms. The number of ether oxygens (including phenoxy) is 1. The van der Waals surface area contributed by atoms with Gasteiger partial charge in [-0.3, -0.25) is 19.1 Å². The van der Waals surface area contributed by atoms with E-state index in [0.29, 0.717) is 17.8 Å². The molecule has 39 heavy (non-hydrogen) atoms. The van der Waals surface area contributed by atoms with Crippen molar-refractivity contribution in [2.75, 3.05) is 18.4 Å². The van der Waals surface area contributed by atoms with E-state index in [2.05, 4.69) is 35.8 Å². The Bertz CT molecular complexity index is 1490. The highest BCUT2D eigenvalue weighted by atomic mass is 16.6. The number of nitrogens with one attached hydrogen (secondary N) is 3. The van der Waals surface area contributed by atoms with Gasteiger partial charge < -0.3 is 15.4 Å². The molecule has 2 bridgehead atoms. The Balaban J connectivity index is 0.879. The van der Waals surface area contributed by atoms with Crippen LogP contribution >= 0.6 is 0 Å². The van der Waals surface area contributed by atoms with Crippen LogP contribution < -0.4 is 10.6 Å². The Labute approximate surface area is 225 Å². The monoisotopic (exact) mass is 528 g/mol. The quantitative estimate of drug-likeness (QED) is 0.317. The van der Waals surface area contributed by atoms with Gasteiger partial charge >= 0.3 is 6.09 Å². The second kappa shape index (κ2) is 8.80. The molecule has 1 aliphatic heterocycles. The lowest BCUT2D eigenvalue weighted by atomic mass is 9.50. The first kappa shape index (κ1) is 23.0. The minimum atomic E-state index is -0.253. The number of carbonyl (C=O) groups excluding carboxylic acids is 1. The van der Waals surface area contributed by atoms with E-state index in [9.17, 15) is 4.79 Å². The van der Waals surface area contributed by atoms with Gasteiger partial charge in [0.25, 0.3) is 0 Å². The number of fused-ring (bicyclic) bond motifs is 1. The summed E-state index contributed by atoms with van der Waals surface area (Å²) in [6, 6.07) is 6.34. The van der Waals surface area contributed by atoms with Crippen LogP contribution in [0.2, 0.25) is 0 Å². The molecule has 4 aromatic rings. The number of aromatic amines is 1. The van der Waals surface area contributed by atoms with Crippen molar-refractivity contribution in [1.82, 2.24) is 44.6 Å². The summed E-state index contributed by atoms with van der Waals surface area (Å²) in [4.78, 5) is 24.1. The summed E-state index contributed by atoms with van der Waals surface area (Å²) in [5.74, 6) is 2.48. The van der Waals surface area contributed by atoms with Crippen LogP contribution in [-0.2, 0) is 11.3 Å². The number of anilines is 2. The van der Waals surface area contributed by atoms with Crippen LogP contribution in [0.15, 0.2) is 43.0 Å². The normalized spacial score (nSPS) is 28.1. The number of amides is 1. The topological polar surface area (TPSA) is 130 Å². The van der Waals surface area contributed by atoms with E-state index >= 15 is 0 Å². The molecule has 2 unspecified atom stereocenters. The van der Waals surface area contributed by atoms with Gasteiger partial charge in [-0.2, -0.15) is 10.2 Å². The summed E-state index contributed by atoms with van der Waals surface area (Å²) in [5.41, 5.74) is 2.94. The third kappa shape index (κ3) is 4.22. The Kier molecular flexibility index (Phi) is 5.19. The zero-order chi connectivity index (χ0) is 26.0. The van der Waals surface area contributed by atoms with Gasteiger partial charge in [0.2, 0.25) is 5.95 Å². The van der Waals surface area contributed by atoms with Crippen molar-refractivity contribution in [3.8, 4) is 0 Å². The average molecular weight is 529 g/mol. The van der Waals surface area contributed by atoms with E-state index < -0.39 is 0 Å². The fourth-order valence-electron chi connectivity index (χ4n) is 6.79. The zero-order valence-electron chi connectivity index (χ0n) is 21.7. The SMILES string of the molecule is O=C(NC12CC(C1)C2)OC1CCC(c2cc(Nc3nccc4nc(CN5CC(n6cccn6)C5)cn34)n[nH]2)C1. The first-order chi connectivity index (χ1) is 19.1. The van der Waals surface area contributed by atoms with Crippen molar-refractivity contribution in [3.05, 3.63) is 54.4 Å². The number of likely N-dealkylation sites (tertiary alicyclic amines) is 1. The van der Waals surface area contributed by atoms with Gasteiger partial charge in [0, 0.05) is 67.6 Å². The summed E-state index contributed by atoms with van der Waals surface area (Å²) in [6.07, 6.45) is 13.3. The van der Waals surface area contributed by atoms with Gasteiger partial charge in [0.15, 0.2) is 5.82 Å². The molecule has 1 saturated heterocycles. The van der Waals surface area contributed by atoms with Gasteiger partial charge in [0.05, 0.1) is 11.7 Å². The number of aromatic nitrogens is 7. The summed E-state index contributed by atoms with van der Waals surface area (Å²) < 4.78 is 9.74. The van der Waals surface area contributed by atoms with Gasteiger partial charge in [-0.1, -0.05) is 0 Å². The highest BCUT2D eigenvalue weighted by Crippen LogP contribution is 2.57. The number of H-pyrrole nitrogens is 1. The molecule has 5 aliphatic rings. The Morgan fingerprint density at radius 2 is 2.10 bits per heavy atom. The standard InChI is InChI=1S/C27H32N10O2/c38-26(32-27-10-17(11-27)12-27)39-21-3-2-18(8-21)22-9-23(34-33-22)31-25-28-6-4-24-30-19(14-36(24)25)13-35-15-20(16-35)37-7-1-5-29-37/h1,4-7,9,14,17-18,20-21H,2-3,8,10-13,15-16H2,(H,32,38)(H2,28,31,33,34). The second-order valence-electron chi connectivity index (χ2n) is 11.8. The predicted molar refractivity (Wildman–Crippen MR) is 141 cm³/mol. The van der Waals surface area contributed by atoms with Crippen molar-refractivity contribution in [2.45, 2.75) is 68.7 Å². The largest absolute Gasteiger partial charge is 0.446 e. The van der Waals surface area contributed by atoms with E-state index in [0.717, 1.165) is 81.1 Å². The first-order valence-electron chi connectivity index (χ1n) is 13.9. The molecule has 4 saturated carbocycles. The molecule has 2 atom stereocenters. The molecule has 1 amide bonds. The lowest BCUT2D eigenvalue weighted by molar-refractivity contribution is -0.0506. The number of carbonyl (C=O) groups is 1. The van der Waals surface area contributed by atoms with Crippen LogP contribution in [0.4, 0.5) is 16.6 Å². The molecule has 5 fully saturated rings. The summed E-state index contributed by atoms with van der Waals surface area (Å²) in [7, 11) is 0. The third-order valence-corrected chi connectivity index (χ3v) is 9.00. The summed E-state index contributed by atoms with van der Waals surface area (Å²) in [5, 5.41) is 18.5. The summed E-state index contributed by atoms with van der Waals surface area (Å²) >= 11 is 0. The number of imidazole rings is 1. The van der Waals surface area contributed by atoms with Crippen LogP contribution in [0.25, 0.3) is 5.65 Å². The molecule has 0 aromatic carbocycles. The van der Waals surface area contributed by atoms with E-state index in [-0.39, 0.29) is 23.7 Å². The molecule has 0 spiro atoms. The van der Waals surface area contributed by atoms with E-state index in [1.54, 1.807) is 6.20 Å². The average Bonchev–Trinajstić information content (AvgIpc) is 3.65. The Morgan fingerprint density at radius 3 is 2.90 bits per heavy atom. The summed E-state index contributed by atoms with van der Waals surface area (Å²) in [6.45, 7) is 2.72. The van der Waals surface area contributed by atoms with Crippen molar-refractivity contribution < 1.29 is 9.53 Å². The van der Waals surface area contributed by atoms with E-state index in [1.807, 2.05) is 45.9 Å². The predicted octanol–water partition coefficient (Wildman–Crippen LogP) is 3.36. The maximum atomic E-state index is 12.3. The molecule has 12 nitrogen and oxygen atoms in total. The molecule has 4 aliphatic carbocycles. The fraction of sp³-hybridized carbons (Fsp3) is 0.519. The maximum absolute atomic E-state index is 12.3. The first-order valence-corrected chi connectivity index (χ1v) is 13.9. The second-order valence-corrected chi connectivity index (χ2v) is 11.8. The number of nitrogens with zero attached hydrogens (tertiary/aromatic N) is 7.